The van der Waals surface area contributed by atoms with Crippen molar-refractivity contribution < 1.29 is 18.4 Å². The molecular formula is C18H27F2N5O2. The predicted molar refractivity (Wildman–Crippen MR) is 94.9 cm³/mol. The van der Waals surface area contributed by atoms with Crippen molar-refractivity contribution in [2.75, 3.05) is 13.6 Å². The zero-order valence-electron chi connectivity index (χ0n) is 15.7. The maximum atomic E-state index is 12.8. The van der Waals surface area contributed by atoms with Gasteiger partial charge in [0.15, 0.2) is 0 Å². The van der Waals surface area contributed by atoms with Crippen LogP contribution in [0.2, 0.25) is 0 Å². The Kier molecular flexibility index (Phi) is 6.08. The summed E-state index contributed by atoms with van der Waals surface area (Å²) in [5, 5.41) is 5.20. The number of imidazole rings is 1. The van der Waals surface area contributed by atoms with Gasteiger partial charge in [0, 0.05) is 18.4 Å². The van der Waals surface area contributed by atoms with E-state index in [0.29, 0.717) is 11.8 Å². The standard InChI is InChI=1S/C18H27F2N5O2/c1-11(14-8-12-3-4-13(14)7-12)22-18(27)23-16(26)10-24(2)9-15-21-5-6-25(15)17(19)20/h5-6,11-14,17H,3-4,7-10H2,1-2H3,(H2,22,23,26,27). The van der Waals surface area contributed by atoms with Crippen LogP contribution < -0.4 is 10.6 Å². The Morgan fingerprint density at radius 1 is 1.37 bits per heavy atom. The van der Waals surface area contributed by atoms with E-state index in [-0.39, 0.29) is 25.0 Å². The Morgan fingerprint density at radius 2 is 2.15 bits per heavy atom. The van der Waals surface area contributed by atoms with Gasteiger partial charge in [0.1, 0.15) is 5.82 Å². The van der Waals surface area contributed by atoms with E-state index in [4.69, 9.17) is 0 Å². The zero-order chi connectivity index (χ0) is 19.6. The molecule has 3 amide bonds. The summed E-state index contributed by atoms with van der Waals surface area (Å²) in [5.41, 5.74) is 0. The molecule has 4 atom stereocenters. The molecular weight excluding hydrogens is 356 g/mol. The first-order valence-electron chi connectivity index (χ1n) is 9.42. The van der Waals surface area contributed by atoms with Crippen LogP contribution in [0.1, 0.15) is 45.0 Å². The molecule has 2 aliphatic carbocycles. The minimum Gasteiger partial charge on any atom is -0.335 e. The topological polar surface area (TPSA) is 79.3 Å². The van der Waals surface area contributed by atoms with E-state index in [1.165, 1.54) is 36.6 Å². The first kappa shape index (κ1) is 19.7. The number of nitrogens with one attached hydrogen (secondary N) is 2. The Balaban J connectivity index is 1.41. The number of hydrogen-bond donors (Lipinski definition) is 2. The molecule has 1 heterocycles. The lowest BCUT2D eigenvalue weighted by Gasteiger charge is -2.28. The predicted octanol–water partition coefficient (Wildman–Crippen LogP) is 2.36. The van der Waals surface area contributed by atoms with Gasteiger partial charge in [0.25, 0.3) is 0 Å². The molecule has 9 heteroatoms. The molecule has 0 saturated heterocycles. The minimum atomic E-state index is -2.68. The molecule has 1 aromatic heterocycles. The van der Waals surface area contributed by atoms with Crippen molar-refractivity contribution in [3.8, 4) is 0 Å². The van der Waals surface area contributed by atoms with Crippen LogP contribution >= 0.6 is 0 Å². The number of amides is 3. The van der Waals surface area contributed by atoms with E-state index in [0.717, 1.165) is 16.9 Å². The molecule has 2 saturated carbocycles. The van der Waals surface area contributed by atoms with Crippen LogP contribution in [0.15, 0.2) is 12.4 Å². The molecule has 4 unspecified atom stereocenters. The van der Waals surface area contributed by atoms with Crippen molar-refractivity contribution >= 4 is 11.9 Å². The van der Waals surface area contributed by atoms with Crippen molar-refractivity contribution in [2.45, 2.75) is 51.7 Å². The molecule has 2 bridgehead atoms. The van der Waals surface area contributed by atoms with Gasteiger partial charge in [-0.25, -0.2) is 9.78 Å². The van der Waals surface area contributed by atoms with Gasteiger partial charge in [-0.3, -0.25) is 19.6 Å². The van der Waals surface area contributed by atoms with E-state index in [1.807, 2.05) is 6.92 Å². The van der Waals surface area contributed by atoms with Gasteiger partial charge in [-0.2, -0.15) is 8.78 Å². The Labute approximate surface area is 157 Å². The molecule has 2 fully saturated rings. The fraction of sp³-hybridized carbons (Fsp3) is 0.722. The van der Waals surface area contributed by atoms with Gasteiger partial charge < -0.3 is 5.32 Å². The normalized spacial score (nSPS) is 25.2. The van der Waals surface area contributed by atoms with Crippen molar-refractivity contribution in [1.29, 1.82) is 0 Å². The lowest BCUT2D eigenvalue weighted by Crippen LogP contribution is -2.49. The van der Waals surface area contributed by atoms with Crippen molar-refractivity contribution in [2.24, 2.45) is 17.8 Å². The molecule has 27 heavy (non-hydrogen) atoms. The highest BCUT2D eigenvalue weighted by Gasteiger charge is 2.42. The number of halogens is 2. The summed E-state index contributed by atoms with van der Waals surface area (Å²) in [6.07, 6.45) is 7.43. The number of carbonyl (C=O) groups excluding carboxylic acids is 2. The number of fused-ring (bicyclic) bond motifs is 2. The fourth-order valence-corrected chi connectivity index (χ4v) is 4.61. The van der Waals surface area contributed by atoms with E-state index in [1.54, 1.807) is 7.05 Å². The van der Waals surface area contributed by atoms with Crippen LogP contribution in [0, 0.1) is 17.8 Å². The van der Waals surface area contributed by atoms with Crippen molar-refractivity contribution in [3.05, 3.63) is 18.2 Å². The summed E-state index contributed by atoms with van der Waals surface area (Å²) in [4.78, 5) is 29.6. The molecule has 7 nitrogen and oxygen atoms in total. The van der Waals surface area contributed by atoms with Gasteiger partial charge in [0.05, 0.1) is 13.1 Å². The van der Waals surface area contributed by atoms with Crippen LogP contribution in [-0.2, 0) is 11.3 Å². The molecule has 3 rings (SSSR count). The van der Waals surface area contributed by atoms with E-state index < -0.39 is 18.5 Å². The number of carbonyl (C=O) groups is 2. The third-order valence-electron chi connectivity index (χ3n) is 5.83. The van der Waals surface area contributed by atoms with Crippen molar-refractivity contribution in [3.63, 3.8) is 0 Å². The minimum absolute atomic E-state index is 0.0318. The average Bonchev–Trinajstić information content (AvgIpc) is 3.30. The Bertz CT molecular complexity index is 680. The maximum Gasteiger partial charge on any atom is 0.321 e. The second kappa shape index (κ2) is 8.33. The summed E-state index contributed by atoms with van der Waals surface area (Å²) in [6.45, 7) is -0.700. The maximum absolute atomic E-state index is 12.8. The quantitative estimate of drug-likeness (QED) is 0.758. The lowest BCUT2D eigenvalue weighted by molar-refractivity contribution is -0.121. The van der Waals surface area contributed by atoms with E-state index in [2.05, 4.69) is 15.6 Å². The number of hydrogen-bond acceptors (Lipinski definition) is 4. The monoisotopic (exact) mass is 383 g/mol. The average molecular weight is 383 g/mol. The molecule has 0 aliphatic heterocycles. The van der Waals surface area contributed by atoms with Gasteiger partial charge in [-0.1, -0.05) is 6.42 Å². The van der Waals surface area contributed by atoms with Gasteiger partial charge >= 0.3 is 12.6 Å². The highest BCUT2D eigenvalue weighted by atomic mass is 19.3. The summed E-state index contributed by atoms with van der Waals surface area (Å²) in [7, 11) is 1.61. The first-order chi connectivity index (χ1) is 12.8. The van der Waals surface area contributed by atoms with Gasteiger partial charge in [-0.15, -0.1) is 0 Å². The Hall–Kier alpha value is -2.03. The Morgan fingerprint density at radius 3 is 2.78 bits per heavy atom. The summed E-state index contributed by atoms with van der Waals surface area (Å²) in [6, 6.07) is -0.470. The van der Waals surface area contributed by atoms with Crippen molar-refractivity contribution in [1.82, 2.24) is 25.1 Å². The number of imide groups is 1. The number of urea groups is 1. The number of rotatable bonds is 7. The van der Waals surface area contributed by atoms with Gasteiger partial charge in [-0.05, 0) is 51.0 Å². The molecule has 0 radical (unpaired) electrons. The number of alkyl halides is 2. The van der Waals surface area contributed by atoms with Crippen LogP contribution in [0.3, 0.4) is 0 Å². The largest absolute Gasteiger partial charge is 0.335 e. The molecule has 0 aromatic carbocycles. The first-order valence-corrected chi connectivity index (χ1v) is 9.42. The third-order valence-corrected chi connectivity index (χ3v) is 5.83. The second-order valence-corrected chi connectivity index (χ2v) is 7.85. The number of nitrogens with zero attached hydrogens (tertiary/aromatic N) is 3. The zero-order valence-corrected chi connectivity index (χ0v) is 15.7. The van der Waals surface area contributed by atoms with Crippen LogP contribution in [0.4, 0.5) is 13.6 Å². The highest BCUT2D eigenvalue weighted by molar-refractivity contribution is 5.95. The fourth-order valence-electron chi connectivity index (χ4n) is 4.61. The van der Waals surface area contributed by atoms with E-state index in [9.17, 15) is 18.4 Å². The lowest BCUT2D eigenvalue weighted by atomic mass is 9.84. The second-order valence-electron chi connectivity index (χ2n) is 7.85. The molecule has 0 spiro atoms. The molecule has 1 aromatic rings. The molecule has 150 valence electrons. The molecule has 2 N–H and O–H groups in total. The smallest absolute Gasteiger partial charge is 0.321 e. The third kappa shape index (κ3) is 4.82. The van der Waals surface area contributed by atoms with Crippen LogP contribution in [-0.4, -0.2) is 46.0 Å². The van der Waals surface area contributed by atoms with E-state index >= 15 is 0 Å². The van der Waals surface area contributed by atoms with Gasteiger partial charge in [0.2, 0.25) is 5.91 Å². The SMILES string of the molecule is CC(NC(=O)NC(=O)CN(C)Cc1nccn1C(F)F)C1CC2CCC1C2. The van der Waals surface area contributed by atoms with Crippen LogP contribution in [0.25, 0.3) is 0 Å². The highest BCUT2D eigenvalue weighted by Crippen LogP contribution is 2.49. The number of aromatic nitrogens is 2. The molecule has 2 aliphatic rings. The summed E-state index contributed by atoms with van der Waals surface area (Å²) in [5.74, 6) is 1.65. The number of likely N-dealkylation sites (N-methyl/N-ethyl adjacent to an activating group) is 1. The summed E-state index contributed by atoms with van der Waals surface area (Å²) < 4.78 is 26.4. The summed E-state index contributed by atoms with van der Waals surface area (Å²) >= 11 is 0. The van der Waals surface area contributed by atoms with Crippen LogP contribution in [0.5, 0.6) is 0 Å².